The van der Waals surface area contributed by atoms with Crippen molar-refractivity contribution < 1.29 is 9.47 Å². The van der Waals surface area contributed by atoms with Crippen molar-refractivity contribution in [2.75, 3.05) is 0 Å². The molecule has 280 valence electrons. The van der Waals surface area contributed by atoms with Crippen LogP contribution in [0.1, 0.15) is 25.0 Å². The summed E-state index contributed by atoms with van der Waals surface area (Å²) in [7, 11) is 0. The summed E-state index contributed by atoms with van der Waals surface area (Å²) in [6, 6.07) is 64.9. The molecule has 0 saturated heterocycles. The lowest BCUT2D eigenvalue weighted by atomic mass is 9.82. The van der Waals surface area contributed by atoms with E-state index in [0.717, 1.165) is 61.4 Å². The molecule has 8 aromatic carbocycles. The molecular formula is C54H37N3O2. The average molecular weight is 760 g/mol. The highest BCUT2D eigenvalue weighted by atomic mass is 16.6. The van der Waals surface area contributed by atoms with Crippen molar-refractivity contribution in [2.24, 2.45) is 0 Å². The molecule has 2 aliphatic rings. The first-order chi connectivity index (χ1) is 29.0. The zero-order valence-electron chi connectivity index (χ0n) is 32.6. The molecule has 0 bridgehead atoms. The highest BCUT2D eigenvalue weighted by Crippen LogP contribution is 2.58. The van der Waals surface area contributed by atoms with E-state index in [4.69, 9.17) is 24.4 Å². The van der Waals surface area contributed by atoms with Crippen molar-refractivity contribution >= 4 is 0 Å². The predicted molar refractivity (Wildman–Crippen MR) is 237 cm³/mol. The number of nitrogens with zero attached hydrogens (tertiary/aromatic N) is 3. The Morgan fingerprint density at radius 2 is 0.814 bits per heavy atom. The smallest absolute Gasteiger partial charge is 0.178 e. The minimum Gasteiger partial charge on any atom is -0.449 e. The SMILES string of the molecule is CC1(C)c2ccccc2-c2c1ccc1c2Oc2ccc(-c3cccc(-c4nc(-c5ccc(-c6ccccc6)cc5)nc(-c5ccc(-c6ccccc6)cc5)n4)c3)cc2O1. The van der Waals surface area contributed by atoms with Gasteiger partial charge >= 0.3 is 0 Å². The second-order valence-electron chi connectivity index (χ2n) is 15.6. The third-order valence-corrected chi connectivity index (χ3v) is 11.6. The zero-order chi connectivity index (χ0) is 39.5. The highest BCUT2D eigenvalue weighted by Gasteiger charge is 2.39. The lowest BCUT2D eigenvalue weighted by Crippen LogP contribution is -2.15. The molecule has 1 aliphatic carbocycles. The molecule has 1 aliphatic heterocycles. The van der Waals surface area contributed by atoms with E-state index in [1.54, 1.807) is 0 Å². The molecule has 5 heteroatoms. The van der Waals surface area contributed by atoms with Crippen LogP contribution in [0.4, 0.5) is 0 Å². The first-order valence-corrected chi connectivity index (χ1v) is 19.9. The van der Waals surface area contributed by atoms with Gasteiger partial charge in [0, 0.05) is 27.7 Å². The van der Waals surface area contributed by atoms with Crippen molar-refractivity contribution in [1.82, 2.24) is 15.0 Å². The van der Waals surface area contributed by atoms with Crippen molar-refractivity contribution in [1.29, 1.82) is 0 Å². The van der Waals surface area contributed by atoms with Gasteiger partial charge in [0.05, 0.1) is 0 Å². The van der Waals surface area contributed by atoms with Crippen LogP contribution < -0.4 is 9.47 Å². The standard InChI is InChI=1S/C54H37N3O2/c1-54(2)44-19-10-9-18-43(44)49-45(54)29-31-47-50(49)59-46-30-28-41(33-48(46)58-47)40-16-11-17-42(32-40)53-56-51(38-24-20-36(21-25-38)34-12-5-3-6-13-34)55-52(57-53)39-26-22-37(23-27-39)35-14-7-4-8-15-35/h3-33H,1-2H3. The second-order valence-corrected chi connectivity index (χ2v) is 15.6. The molecule has 2 heterocycles. The molecule has 0 fully saturated rings. The summed E-state index contributed by atoms with van der Waals surface area (Å²) < 4.78 is 13.3. The molecule has 9 aromatic rings. The Balaban J connectivity index is 0.950. The van der Waals surface area contributed by atoms with Crippen molar-refractivity contribution in [3.8, 4) is 102 Å². The molecule has 0 amide bonds. The van der Waals surface area contributed by atoms with Crippen LogP contribution >= 0.6 is 0 Å². The molecule has 0 atom stereocenters. The summed E-state index contributed by atoms with van der Waals surface area (Å²) in [5.74, 6) is 4.66. The fourth-order valence-electron chi connectivity index (χ4n) is 8.49. The molecule has 0 saturated carbocycles. The van der Waals surface area contributed by atoms with Crippen LogP contribution in [0.5, 0.6) is 23.0 Å². The maximum atomic E-state index is 6.68. The zero-order valence-corrected chi connectivity index (χ0v) is 32.6. The number of rotatable bonds is 6. The van der Waals surface area contributed by atoms with E-state index in [1.807, 2.05) is 30.3 Å². The van der Waals surface area contributed by atoms with Crippen LogP contribution in [0.2, 0.25) is 0 Å². The average Bonchev–Trinajstić information content (AvgIpc) is 3.54. The van der Waals surface area contributed by atoms with Crippen LogP contribution in [-0.4, -0.2) is 15.0 Å². The summed E-state index contributed by atoms with van der Waals surface area (Å²) in [5, 5.41) is 0. The Labute approximate surface area is 343 Å². The van der Waals surface area contributed by atoms with E-state index in [0.29, 0.717) is 34.7 Å². The monoisotopic (exact) mass is 759 g/mol. The first kappa shape index (κ1) is 34.6. The van der Waals surface area contributed by atoms with Gasteiger partial charge in [0.2, 0.25) is 0 Å². The molecule has 0 radical (unpaired) electrons. The predicted octanol–water partition coefficient (Wildman–Crippen LogP) is 14.1. The fraction of sp³-hybridized carbons (Fsp3) is 0.0556. The number of benzene rings is 8. The van der Waals surface area contributed by atoms with Gasteiger partial charge in [0.15, 0.2) is 40.5 Å². The summed E-state index contributed by atoms with van der Waals surface area (Å²) in [6.45, 7) is 4.54. The molecule has 0 N–H and O–H groups in total. The Morgan fingerprint density at radius 1 is 0.339 bits per heavy atom. The van der Waals surface area contributed by atoms with Gasteiger partial charge in [-0.05, 0) is 74.3 Å². The van der Waals surface area contributed by atoms with E-state index in [9.17, 15) is 0 Å². The molecule has 0 unspecified atom stereocenters. The maximum absolute atomic E-state index is 6.68. The highest BCUT2D eigenvalue weighted by molar-refractivity contribution is 5.88. The Hall–Kier alpha value is -7.63. The Morgan fingerprint density at radius 3 is 1.46 bits per heavy atom. The van der Waals surface area contributed by atoms with Gasteiger partial charge in [-0.15, -0.1) is 0 Å². The lowest BCUT2D eigenvalue weighted by Gasteiger charge is -2.25. The quantitative estimate of drug-likeness (QED) is 0.169. The second kappa shape index (κ2) is 13.8. The van der Waals surface area contributed by atoms with Gasteiger partial charge in [-0.3, -0.25) is 0 Å². The van der Waals surface area contributed by atoms with Crippen LogP contribution in [0.3, 0.4) is 0 Å². The van der Waals surface area contributed by atoms with E-state index in [1.165, 1.54) is 16.7 Å². The number of fused-ring (bicyclic) bond motifs is 6. The minimum atomic E-state index is -0.125. The van der Waals surface area contributed by atoms with Gasteiger partial charge < -0.3 is 9.47 Å². The minimum absolute atomic E-state index is 0.125. The molecular weight excluding hydrogens is 723 g/mol. The van der Waals surface area contributed by atoms with Gasteiger partial charge in [-0.2, -0.15) is 0 Å². The fourth-order valence-corrected chi connectivity index (χ4v) is 8.49. The largest absolute Gasteiger partial charge is 0.449 e. The van der Waals surface area contributed by atoms with E-state index in [-0.39, 0.29) is 5.41 Å². The first-order valence-electron chi connectivity index (χ1n) is 19.9. The summed E-state index contributed by atoms with van der Waals surface area (Å²) in [5.41, 5.74) is 14.0. The molecule has 5 nitrogen and oxygen atoms in total. The van der Waals surface area contributed by atoms with E-state index >= 15 is 0 Å². The number of ether oxygens (including phenoxy) is 2. The van der Waals surface area contributed by atoms with Gasteiger partial charge in [0.1, 0.15) is 0 Å². The van der Waals surface area contributed by atoms with Crippen LogP contribution in [0.15, 0.2) is 188 Å². The number of aromatic nitrogens is 3. The Kier molecular flexibility index (Phi) is 8.09. The summed E-state index contributed by atoms with van der Waals surface area (Å²) in [4.78, 5) is 15.2. The maximum Gasteiger partial charge on any atom is 0.178 e. The van der Waals surface area contributed by atoms with Crippen LogP contribution in [-0.2, 0) is 5.41 Å². The van der Waals surface area contributed by atoms with Crippen LogP contribution in [0, 0.1) is 0 Å². The van der Waals surface area contributed by atoms with E-state index in [2.05, 4.69) is 172 Å². The van der Waals surface area contributed by atoms with Crippen LogP contribution in [0.25, 0.3) is 78.7 Å². The van der Waals surface area contributed by atoms with Gasteiger partial charge in [-0.25, -0.2) is 15.0 Å². The van der Waals surface area contributed by atoms with Gasteiger partial charge in [0.25, 0.3) is 0 Å². The van der Waals surface area contributed by atoms with E-state index < -0.39 is 0 Å². The van der Waals surface area contributed by atoms with Crippen molar-refractivity contribution in [2.45, 2.75) is 19.3 Å². The summed E-state index contributed by atoms with van der Waals surface area (Å²) >= 11 is 0. The molecule has 0 spiro atoms. The lowest BCUT2D eigenvalue weighted by molar-refractivity contribution is 0.360. The molecule has 59 heavy (non-hydrogen) atoms. The normalized spacial score (nSPS) is 13.0. The van der Waals surface area contributed by atoms with Crippen molar-refractivity contribution in [3.05, 3.63) is 199 Å². The molecule has 11 rings (SSSR count). The topological polar surface area (TPSA) is 57.1 Å². The Bertz CT molecular complexity index is 2950. The third kappa shape index (κ3) is 6.07. The summed E-state index contributed by atoms with van der Waals surface area (Å²) in [6.07, 6.45) is 0. The van der Waals surface area contributed by atoms with Crippen molar-refractivity contribution in [3.63, 3.8) is 0 Å². The molecule has 1 aromatic heterocycles. The number of hydrogen-bond acceptors (Lipinski definition) is 5. The van der Waals surface area contributed by atoms with Gasteiger partial charge in [-0.1, -0.05) is 178 Å². The third-order valence-electron chi connectivity index (χ3n) is 11.6. The number of hydrogen-bond donors (Lipinski definition) is 0.